The average Bonchev–Trinajstić information content (AvgIpc) is 2.46. The van der Waals surface area contributed by atoms with Gasteiger partial charge in [-0.1, -0.05) is 54.0 Å². The van der Waals surface area contributed by atoms with Gasteiger partial charge >= 0.3 is 0 Å². The molecule has 0 heterocycles. The summed E-state index contributed by atoms with van der Waals surface area (Å²) in [6, 6.07) is 12.4. The van der Waals surface area contributed by atoms with Crippen LogP contribution in [0.5, 0.6) is 5.75 Å². The average molecular weight is 349 g/mol. The predicted molar refractivity (Wildman–Crippen MR) is 89.7 cm³/mol. The maximum atomic E-state index is 9.46. The summed E-state index contributed by atoms with van der Waals surface area (Å²) in [7, 11) is 0. The van der Waals surface area contributed by atoms with Crippen LogP contribution in [-0.4, -0.2) is 5.11 Å². The van der Waals surface area contributed by atoms with Gasteiger partial charge in [0.15, 0.2) is 0 Å². The summed E-state index contributed by atoms with van der Waals surface area (Å²) in [6.07, 6.45) is 0. The molecule has 0 aliphatic heterocycles. The molecule has 2 nitrogen and oxygen atoms in total. The van der Waals surface area contributed by atoms with E-state index in [0.29, 0.717) is 12.5 Å². The van der Waals surface area contributed by atoms with Crippen molar-refractivity contribution in [3.8, 4) is 5.75 Å². The van der Waals surface area contributed by atoms with Gasteiger partial charge in [0.05, 0.1) is 6.61 Å². The number of hydrogen-bond acceptors (Lipinski definition) is 2. The zero-order valence-electron chi connectivity index (χ0n) is 12.7. The molecule has 0 spiro atoms. The Balaban J connectivity index is 2.13. The van der Waals surface area contributed by atoms with Gasteiger partial charge in [-0.05, 0) is 41.7 Å². The van der Waals surface area contributed by atoms with Crippen LogP contribution >= 0.6 is 15.9 Å². The fourth-order valence-corrected chi connectivity index (χ4v) is 2.90. The van der Waals surface area contributed by atoms with E-state index in [1.54, 1.807) is 0 Å². The van der Waals surface area contributed by atoms with Crippen LogP contribution in [0.2, 0.25) is 0 Å². The molecule has 0 aromatic heterocycles. The molecule has 0 aliphatic rings. The smallest absolute Gasteiger partial charge is 0.128 e. The van der Waals surface area contributed by atoms with Gasteiger partial charge in [-0.3, -0.25) is 0 Å². The van der Waals surface area contributed by atoms with Crippen molar-refractivity contribution in [1.82, 2.24) is 0 Å². The van der Waals surface area contributed by atoms with E-state index < -0.39 is 0 Å². The van der Waals surface area contributed by atoms with E-state index in [0.717, 1.165) is 26.9 Å². The molecular formula is C18H21BrO2. The second kappa shape index (κ2) is 7.10. The highest BCUT2D eigenvalue weighted by Gasteiger charge is 2.09. The third-order valence-corrected chi connectivity index (χ3v) is 3.97. The lowest BCUT2D eigenvalue weighted by atomic mass is 10.0. The van der Waals surface area contributed by atoms with E-state index in [-0.39, 0.29) is 6.61 Å². The molecule has 112 valence electrons. The molecule has 0 fully saturated rings. The van der Waals surface area contributed by atoms with Crippen molar-refractivity contribution >= 4 is 15.9 Å². The van der Waals surface area contributed by atoms with Crippen LogP contribution in [0.25, 0.3) is 0 Å². The molecule has 0 unspecified atom stereocenters. The van der Waals surface area contributed by atoms with Crippen LogP contribution in [0, 0.1) is 6.92 Å². The van der Waals surface area contributed by atoms with E-state index in [1.807, 2.05) is 19.1 Å². The van der Waals surface area contributed by atoms with Crippen LogP contribution in [0.15, 0.2) is 40.9 Å². The van der Waals surface area contributed by atoms with Crippen molar-refractivity contribution < 1.29 is 9.84 Å². The van der Waals surface area contributed by atoms with Crippen LogP contribution in [-0.2, 0) is 13.2 Å². The lowest BCUT2D eigenvalue weighted by Crippen LogP contribution is -2.01. The monoisotopic (exact) mass is 348 g/mol. The first kappa shape index (κ1) is 16.1. The minimum atomic E-state index is -0.0259. The van der Waals surface area contributed by atoms with Gasteiger partial charge < -0.3 is 9.84 Å². The molecule has 2 rings (SSSR count). The zero-order chi connectivity index (χ0) is 15.4. The van der Waals surface area contributed by atoms with Crippen molar-refractivity contribution in [2.45, 2.75) is 39.9 Å². The summed E-state index contributed by atoms with van der Waals surface area (Å²) in [5.41, 5.74) is 4.29. The quantitative estimate of drug-likeness (QED) is 0.827. The van der Waals surface area contributed by atoms with Gasteiger partial charge in [0.1, 0.15) is 12.4 Å². The number of aliphatic hydroxyl groups excluding tert-OH is 1. The van der Waals surface area contributed by atoms with Crippen LogP contribution in [0.1, 0.15) is 42.0 Å². The second-order valence-corrected chi connectivity index (χ2v) is 6.47. The molecule has 2 aromatic rings. The number of aryl methyl sites for hydroxylation is 1. The standard InChI is InChI=1S/C18H21BrO2/c1-12(2)15-6-4-14(5-7-15)11-21-18-13(3)8-17(19)9-16(18)10-20/h4-9,12,20H,10-11H2,1-3H3. The van der Waals surface area contributed by atoms with Gasteiger partial charge in [-0.15, -0.1) is 0 Å². The normalized spacial score (nSPS) is 11.0. The van der Waals surface area contributed by atoms with Crippen LogP contribution in [0.4, 0.5) is 0 Å². The number of aliphatic hydroxyl groups is 1. The molecule has 2 aromatic carbocycles. The SMILES string of the molecule is Cc1cc(Br)cc(CO)c1OCc1ccc(C(C)C)cc1. The van der Waals surface area contributed by atoms with Crippen molar-refractivity contribution in [2.24, 2.45) is 0 Å². The Kier molecular flexibility index (Phi) is 5.43. The minimum Gasteiger partial charge on any atom is -0.488 e. The third-order valence-electron chi connectivity index (χ3n) is 3.52. The molecule has 0 bridgehead atoms. The van der Waals surface area contributed by atoms with E-state index in [1.165, 1.54) is 5.56 Å². The molecule has 0 aliphatic carbocycles. The molecule has 3 heteroatoms. The van der Waals surface area contributed by atoms with Crippen molar-refractivity contribution in [1.29, 1.82) is 0 Å². The zero-order valence-corrected chi connectivity index (χ0v) is 14.3. The Morgan fingerprint density at radius 2 is 1.81 bits per heavy atom. The number of benzene rings is 2. The summed E-state index contributed by atoms with van der Waals surface area (Å²) >= 11 is 3.44. The van der Waals surface area contributed by atoms with E-state index in [2.05, 4.69) is 54.0 Å². The maximum absolute atomic E-state index is 9.46. The highest BCUT2D eigenvalue weighted by molar-refractivity contribution is 9.10. The lowest BCUT2D eigenvalue weighted by Gasteiger charge is -2.14. The van der Waals surface area contributed by atoms with E-state index in [4.69, 9.17) is 4.74 Å². The minimum absolute atomic E-state index is 0.0259. The fourth-order valence-electron chi connectivity index (χ4n) is 2.28. The van der Waals surface area contributed by atoms with E-state index in [9.17, 15) is 5.11 Å². The van der Waals surface area contributed by atoms with E-state index >= 15 is 0 Å². The Morgan fingerprint density at radius 3 is 2.38 bits per heavy atom. The molecule has 0 saturated heterocycles. The second-order valence-electron chi connectivity index (χ2n) is 5.55. The van der Waals surface area contributed by atoms with Gasteiger partial charge in [0.25, 0.3) is 0 Å². The summed E-state index contributed by atoms with van der Waals surface area (Å²) in [4.78, 5) is 0. The van der Waals surface area contributed by atoms with Crippen molar-refractivity contribution in [3.05, 3.63) is 63.1 Å². The highest BCUT2D eigenvalue weighted by atomic mass is 79.9. The molecule has 0 saturated carbocycles. The van der Waals surface area contributed by atoms with Crippen molar-refractivity contribution in [3.63, 3.8) is 0 Å². The Hall–Kier alpha value is -1.32. The van der Waals surface area contributed by atoms with Gasteiger partial charge in [0.2, 0.25) is 0 Å². The van der Waals surface area contributed by atoms with Gasteiger partial charge in [-0.25, -0.2) is 0 Å². The Bertz CT molecular complexity index is 603. The van der Waals surface area contributed by atoms with Gasteiger partial charge in [0, 0.05) is 10.0 Å². The third kappa shape index (κ3) is 4.08. The Labute approximate surface area is 134 Å². The first-order valence-electron chi connectivity index (χ1n) is 7.12. The first-order chi connectivity index (χ1) is 10.0. The van der Waals surface area contributed by atoms with Crippen LogP contribution < -0.4 is 4.74 Å². The first-order valence-corrected chi connectivity index (χ1v) is 7.92. The molecule has 0 amide bonds. The molecule has 21 heavy (non-hydrogen) atoms. The molecular weight excluding hydrogens is 328 g/mol. The number of rotatable bonds is 5. The molecule has 0 atom stereocenters. The topological polar surface area (TPSA) is 29.5 Å². The largest absolute Gasteiger partial charge is 0.488 e. The number of halogens is 1. The summed E-state index contributed by atoms with van der Waals surface area (Å²) < 4.78 is 6.88. The van der Waals surface area contributed by atoms with Gasteiger partial charge in [-0.2, -0.15) is 0 Å². The summed E-state index contributed by atoms with van der Waals surface area (Å²) in [5, 5.41) is 9.46. The predicted octanol–water partition coefficient (Wildman–Crippen LogP) is 4.95. The van der Waals surface area contributed by atoms with Crippen LogP contribution in [0.3, 0.4) is 0 Å². The fraction of sp³-hybridized carbons (Fsp3) is 0.333. The number of ether oxygens (including phenoxy) is 1. The highest BCUT2D eigenvalue weighted by Crippen LogP contribution is 2.29. The number of hydrogen-bond donors (Lipinski definition) is 1. The molecule has 0 radical (unpaired) electrons. The lowest BCUT2D eigenvalue weighted by molar-refractivity contribution is 0.258. The summed E-state index contributed by atoms with van der Waals surface area (Å²) in [5.74, 6) is 1.31. The summed E-state index contributed by atoms with van der Waals surface area (Å²) in [6.45, 7) is 6.84. The van der Waals surface area contributed by atoms with Crippen molar-refractivity contribution in [2.75, 3.05) is 0 Å². The molecule has 1 N–H and O–H groups in total. The maximum Gasteiger partial charge on any atom is 0.128 e. The Morgan fingerprint density at radius 1 is 1.14 bits per heavy atom.